The van der Waals surface area contributed by atoms with Gasteiger partial charge in [0, 0.05) is 5.69 Å². The summed E-state index contributed by atoms with van der Waals surface area (Å²) < 4.78 is 4.84. The minimum atomic E-state index is -0.970. The Balaban J connectivity index is 2.17. The van der Waals surface area contributed by atoms with Gasteiger partial charge >= 0.3 is 12.1 Å². The number of benzene rings is 1. The maximum absolute atomic E-state index is 11.5. The zero-order valence-electron chi connectivity index (χ0n) is 10.4. The third kappa shape index (κ3) is 3.34. The Bertz CT molecular complexity index is 520. The van der Waals surface area contributed by atoms with Crippen LogP contribution in [0.3, 0.4) is 0 Å². The standard InChI is InChI=1S/C14H15NO4/c1-2-7-19-14(18)15-12-6-5-10(13(16)17)8-11(12)9-3-4-9/h2,5-6,8-9H,1,3-4,7H2,(H,15,18)(H,16,17). The van der Waals surface area contributed by atoms with Gasteiger partial charge in [0.15, 0.2) is 0 Å². The normalized spacial score (nSPS) is 13.7. The van der Waals surface area contributed by atoms with E-state index in [0.717, 1.165) is 18.4 Å². The van der Waals surface area contributed by atoms with Crippen molar-refractivity contribution in [1.29, 1.82) is 0 Å². The second kappa shape index (κ2) is 5.56. The van der Waals surface area contributed by atoms with Crippen molar-refractivity contribution in [2.45, 2.75) is 18.8 Å². The van der Waals surface area contributed by atoms with Crippen molar-refractivity contribution in [3.63, 3.8) is 0 Å². The average Bonchev–Trinajstić information content (AvgIpc) is 3.20. The molecule has 19 heavy (non-hydrogen) atoms. The number of carboxylic acid groups (broad SMARTS) is 1. The van der Waals surface area contributed by atoms with Crippen LogP contribution in [-0.4, -0.2) is 23.8 Å². The molecule has 1 saturated carbocycles. The Morgan fingerprint density at radius 1 is 1.47 bits per heavy atom. The van der Waals surface area contributed by atoms with E-state index in [1.54, 1.807) is 12.1 Å². The molecule has 0 unspecified atom stereocenters. The summed E-state index contributed by atoms with van der Waals surface area (Å²) in [5.74, 6) is -0.642. The van der Waals surface area contributed by atoms with Gasteiger partial charge in [-0.05, 0) is 42.5 Å². The molecule has 1 aromatic carbocycles. The van der Waals surface area contributed by atoms with E-state index in [1.807, 2.05) is 0 Å². The van der Waals surface area contributed by atoms with Crippen molar-refractivity contribution in [1.82, 2.24) is 0 Å². The smallest absolute Gasteiger partial charge is 0.411 e. The van der Waals surface area contributed by atoms with Crippen molar-refractivity contribution in [3.05, 3.63) is 42.0 Å². The molecule has 1 aliphatic carbocycles. The van der Waals surface area contributed by atoms with Crippen LogP contribution in [0, 0.1) is 0 Å². The SMILES string of the molecule is C=CCOC(=O)Nc1ccc(C(=O)O)cc1C1CC1. The monoisotopic (exact) mass is 261 g/mol. The van der Waals surface area contributed by atoms with E-state index in [0.29, 0.717) is 11.6 Å². The highest BCUT2D eigenvalue weighted by Gasteiger charge is 2.27. The van der Waals surface area contributed by atoms with Crippen LogP contribution in [0.25, 0.3) is 0 Å². The minimum Gasteiger partial charge on any atom is -0.478 e. The van der Waals surface area contributed by atoms with Gasteiger partial charge in [-0.25, -0.2) is 9.59 Å². The summed E-state index contributed by atoms with van der Waals surface area (Å²) in [7, 11) is 0. The van der Waals surface area contributed by atoms with E-state index in [4.69, 9.17) is 9.84 Å². The van der Waals surface area contributed by atoms with Gasteiger partial charge in [0.05, 0.1) is 5.56 Å². The largest absolute Gasteiger partial charge is 0.478 e. The Kier molecular flexibility index (Phi) is 3.85. The van der Waals surface area contributed by atoms with Crippen molar-refractivity contribution < 1.29 is 19.4 Å². The minimum absolute atomic E-state index is 0.137. The number of hydrogen-bond acceptors (Lipinski definition) is 3. The van der Waals surface area contributed by atoms with Gasteiger partial charge in [0.1, 0.15) is 6.61 Å². The van der Waals surface area contributed by atoms with Gasteiger partial charge in [0.25, 0.3) is 0 Å². The molecule has 5 heteroatoms. The van der Waals surface area contributed by atoms with Crippen molar-refractivity contribution in [2.75, 3.05) is 11.9 Å². The van der Waals surface area contributed by atoms with E-state index < -0.39 is 12.1 Å². The molecule has 1 fully saturated rings. The Morgan fingerprint density at radius 3 is 2.79 bits per heavy atom. The lowest BCUT2D eigenvalue weighted by Crippen LogP contribution is -2.15. The van der Waals surface area contributed by atoms with E-state index in [-0.39, 0.29) is 12.2 Å². The number of amides is 1. The number of carbonyl (C=O) groups excluding carboxylic acids is 1. The second-order valence-electron chi connectivity index (χ2n) is 4.39. The lowest BCUT2D eigenvalue weighted by atomic mass is 10.0. The molecule has 100 valence electrons. The molecule has 0 saturated heterocycles. The molecule has 1 aromatic rings. The molecule has 0 spiro atoms. The van der Waals surface area contributed by atoms with Crippen LogP contribution < -0.4 is 5.32 Å². The Hall–Kier alpha value is -2.30. The number of ether oxygens (including phenoxy) is 1. The molecule has 0 radical (unpaired) electrons. The first-order chi connectivity index (χ1) is 9.11. The molecular formula is C14H15NO4. The van der Waals surface area contributed by atoms with E-state index in [2.05, 4.69) is 11.9 Å². The highest BCUT2D eigenvalue weighted by Crippen LogP contribution is 2.43. The van der Waals surface area contributed by atoms with Gasteiger partial charge in [-0.3, -0.25) is 5.32 Å². The van der Waals surface area contributed by atoms with Crippen molar-refractivity contribution in [2.24, 2.45) is 0 Å². The van der Waals surface area contributed by atoms with Gasteiger partial charge < -0.3 is 9.84 Å². The molecule has 0 heterocycles. The predicted octanol–water partition coefficient (Wildman–Crippen LogP) is 3.00. The summed E-state index contributed by atoms with van der Waals surface area (Å²) in [5, 5.41) is 11.6. The topological polar surface area (TPSA) is 75.6 Å². The molecule has 0 aromatic heterocycles. The highest BCUT2D eigenvalue weighted by molar-refractivity contribution is 5.91. The molecule has 0 aliphatic heterocycles. The van der Waals surface area contributed by atoms with Crippen LogP contribution >= 0.6 is 0 Å². The summed E-state index contributed by atoms with van der Waals surface area (Å²) in [6, 6.07) is 4.69. The summed E-state index contributed by atoms with van der Waals surface area (Å²) >= 11 is 0. The summed E-state index contributed by atoms with van der Waals surface area (Å²) in [6.07, 6.45) is 2.94. The first-order valence-electron chi connectivity index (χ1n) is 6.03. The number of carbonyl (C=O) groups is 2. The summed E-state index contributed by atoms with van der Waals surface area (Å²) in [4.78, 5) is 22.4. The molecular weight excluding hydrogens is 246 g/mol. The zero-order chi connectivity index (χ0) is 13.8. The number of carboxylic acids is 1. The van der Waals surface area contributed by atoms with Crippen LogP contribution in [-0.2, 0) is 4.74 Å². The van der Waals surface area contributed by atoms with Crippen molar-refractivity contribution >= 4 is 17.7 Å². The maximum Gasteiger partial charge on any atom is 0.411 e. The molecule has 0 bridgehead atoms. The fraction of sp³-hybridized carbons (Fsp3) is 0.286. The molecule has 1 amide bonds. The average molecular weight is 261 g/mol. The number of hydrogen-bond donors (Lipinski definition) is 2. The van der Waals surface area contributed by atoms with Gasteiger partial charge in [-0.1, -0.05) is 12.7 Å². The third-order valence-corrected chi connectivity index (χ3v) is 2.88. The quantitative estimate of drug-likeness (QED) is 0.799. The van der Waals surface area contributed by atoms with Gasteiger partial charge in [-0.2, -0.15) is 0 Å². The van der Waals surface area contributed by atoms with Crippen LogP contribution in [0.4, 0.5) is 10.5 Å². The fourth-order valence-electron chi connectivity index (χ4n) is 1.82. The van der Waals surface area contributed by atoms with Gasteiger partial charge in [-0.15, -0.1) is 0 Å². The summed E-state index contributed by atoms with van der Waals surface area (Å²) in [5.41, 5.74) is 1.70. The van der Waals surface area contributed by atoms with Crippen LogP contribution in [0.2, 0.25) is 0 Å². The molecule has 5 nitrogen and oxygen atoms in total. The predicted molar refractivity (Wildman–Crippen MR) is 70.5 cm³/mol. The highest BCUT2D eigenvalue weighted by atomic mass is 16.5. The third-order valence-electron chi connectivity index (χ3n) is 2.88. The number of nitrogens with one attached hydrogen (secondary N) is 1. The van der Waals surface area contributed by atoms with Crippen LogP contribution in [0.15, 0.2) is 30.9 Å². The number of aromatic carboxylic acids is 1. The zero-order valence-corrected chi connectivity index (χ0v) is 10.4. The maximum atomic E-state index is 11.5. The molecule has 1 aliphatic rings. The first kappa shape index (κ1) is 13.1. The first-order valence-corrected chi connectivity index (χ1v) is 6.03. The van der Waals surface area contributed by atoms with E-state index in [9.17, 15) is 9.59 Å². The number of anilines is 1. The Labute approximate surface area is 110 Å². The lowest BCUT2D eigenvalue weighted by molar-refractivity contribution is 0.0697. The summed E-state index contributed by atoms with van der Waals surface area (Å²) in [6.45, 7) is 3.59. The van der Waals surface area contributed by atoms with Gasteiger partial charge in [0.2, 0.25) is 0 Å². The van der Waals surface area contributed by atoms with Crippen LogP contribution in [0.1, 0.15) is 34.7 Å². The fourth-order valence-corrected chi connectivity index (χ4v) is 1.82. The second-order valence-corrected chi connectivity index (χ2v) is 4.39. The molecule has 2 rings (SSSR count). The van der Waals surface area contributed by atoms with E-state index in [1.165, 1.54) is 12.1 Å². The Morgan fingerprint density at radius 2 is 2.21 bits per heavy atom. The van der Waals surface area contributed by atoms with Crippen LogP contribution in [0.5, 0.6) is 0 Å². The number of rotatable bonds is 5. The molecule has 2 N–H and O–H groups in total. The van der Waals surface area contributed by atoms with E-state index >= 15 is 0 Å². The molecule has 0 atom stereocenters. The van der Waals surface area contributed by atoms with Crippen molar-refractivity contribution in [3.8, 4) is 0 Å². The lowest BCUT2D eigenvalue weighted by Gasteiger charge is -2.11.